The van der Waals surface area contributed by atoms with Gasteiger partial charge in [0.25, 0.3) is 0 Å². The maximum absolute atomic E-state index is 11.6. The summed E-state index contributed by atoms with van der Waals surface area (Å²) in [6, 6.07) is 6.05. The lowest BCUT2D eigenvalue weighted by atomic mass is 10.1. The van der Waals surface area contributed by atoms with Crippen LogP contribution in [0.25, 0.3) is 0 Å². The SMILES string of the molecule is O=C1CCc2ccc(Cn3nccn3)cc21. The van der Waals surface area contributed by atoms with E-state index >= 15 is 0 Å². The Balaban J connectivity index is 1.92. The number of hydrogen-bond donors (Lipinski definition) is 0. The van der Waals surface area contributed by atoms with Crippen molar-refractivity contribution >= 4 is 5.78 Å². The van der Waals surface area contributed by atoms with E-state index in [-0.39, 0.29) is 5.78 Å². The normalized spacial score (nSPS) is 14.1. The molecule has 0 unspecified atom stereocenters. The molecule has 0 saturated carbocycles. The zero-order chi connectivity index (χ0) is 11.0. The van der Waals surface area contributed by atoms with Crippen LogP contribution < -0.4 is 0 Å². The number of Topliss-reactive ketones (excluding diaryl/α,β-unsaturated/α-hetero) is 1. The Morgan fingerprint density at radius 1 is 1.19 bits per heavy atom. The van der Waals surface area contributed by atoms with Crippen molar-refractivity contribution < 1.29 is 4.79 Å². The number of benzene rings is 1. The van der Waals surface area contributed by atoms with Gasteiger partial charge >= 0.3 is 0 Å². The first-order valence-electron chi connectivity index (χ1n) is 5.32. The largest absolute Gasteiger partial charge is 0.294 e. The lowest BCUT2D eigenvalue weighted by molar-refractivity contribution is 0.0994. The number of aryl methyl sites for hydroxylation is 1. The highest BCUT2D eigenvalue weighted by atomic mass is 16.1. The highest BCUT2D eigenvalue weighted by Crippen LogP contribution is 2.23. The first-order chi connectivity index (χ1) is 7.83. The molecule has 4 heteroatoms. The predicted octanol–water partition coefficient (Wildman–Crippen LogP) is 1.46. The van der Waals surface area contributed by atoms with E-state index in [2.05, 4.69) is 10.2 Å². The Morgan fingerprint density at radius 3 is 2.81 bits per heavy atom. The first kappa shape index (κ1) is 9.27. The summed E-state index contributed by atoms with van der Waals surface area (Å²) in [4.78, 5) is 13.2. The van der Waals surface area contributed by atoms with E-state index in [1.54, 1.807) is 17.2 Å². The topological polar surface area (TPSA) is 47.8 Å². The summed E-state index contributed by atoms with van der Waals surface area (Å²) < 4.78 is 0. The van der Waals surface area contributed by atoms with E-state index in [0.29, 0.717) is 13.0 Å². The Kier molecular flexibility index (Phi) is 2.06. The number of ketones is 1. The molecule has 0 aliphatic heterocycles. The maximum Gasteiger partial charge on any atom is 0.163 e. The summed E-state index contributed by atoms with van der Waals surface area (Å²) in [6.45, 7) is 0.619. The number of fused-ring (bicyclic) bond motifs is 1. The van der Waals surface area contributed by atoms with Gasteiger partial charge in [-0.15, -0.1) is 0 Å². The lowest BCUT2D eigenvalue weighted by Crippen LogP contribution is -2.04. The third-order valence-corrected chi connectivity index (χ3v) is 2.89. The quantitative estimate of drug-likeness (QED) is 0.758. The van der Waals surface area contributed by atoms with Crippen LogP contribution in [-0.4, -0.2) is 20.8 Å². The van der Waals surface area contributed by atoms with Gasteiger partial charge in [0, 0.05) is 12.0 Å². The van der Waals surface area contributed by atoms with E-state index in [9.17, 15) is 4.79 Å². The second-order valence-corrected chi connectivity index (χ2v) is 3.97. The minimum atomic E-state index is 0.255. The molecule has 0 atom stereocenters. The number of rotatable bonds is 2. The highest BCUT2D eigenvalue weighted by molar-refractivity contribution is 6.00. The molecule has 1 aromatic carbocycles. The van der Waals surface area contributed by atoms with E-state index in [1.807, 2.05) is 18.2 Å². The molecular formula is C12H11N3O. The van der Waals surface area contributed by atoms with Crippen LogP contribution in [0.4, 0.5) is 0 Å². The number of aromatic nitrogens is 3. The number of nitrogens with zero attached hydrogens (tertiary/aromatic N) is 3. The van der Waals surface area contributed by atoms with Crippen LogP contribution in [0.2, 0.25) is 0 Å². The zero-order valence-electron chi connectivity index (χ0n) is 8.76. The number of carbonyl (C=O) groups is 1. The van der Waals surface area contributed by atoms with Crippen molar-refractivity contribution in [2.75, 3.05) is 0 Å². The molecule has 0 fully saturated rings. The van der Waals surface area contributed by atoms with Crippen LogP contribution in [0, 0.1) is 0 Å². The van der Waals surface area contributed by atoms with E-state index in [0.717, 1.165) is 17.5 Å². The number of hydrogen-bond acceptors (Lipinski definition) is 3. The molecule has 0 spiro atoms. The molecule has 2 aromatic rings. The molecule has 1 aromatic heterocycles. The molecule has 3 rings (SSSR count). The second kappa shape index (κ2) is 3.56. The van der Waals surface area contributed by atoms with Crippen LogP contribution in [0.1, 0.15) is 27.9 Å². The van der Waals surface area contributed by atoms with Gasteiger partial charge in [0.05, 0.1) is 18.9 Å². The van der Waals surface area contributed by atoms with Gasteiger partial charge in [-0.1, -0.05) is 12.1 Å². The van der Waals surface area contributed by atoms with Gasteiger partial charge in [-0.3, -0.25) is 4.79 Å². The molecule has 80 valence electrons. The summed E-state index contributed by atoms with van der Waals surface area (Å²) in [7, 11) is 0. The smallest absolute Gasteiger partial charge is 0.163 e. The minimum Gasteiger partial charge on any atom is -0.294 e. The second-order valence-electron chi connectivity index (χ2n) is 3.97. The van der Waals surface area contributed by atoms with Crippen molar-refractivity contribution in [1.29, 1.82) is 0 Å². The monoisotopic (exact) mass is 213 g/mol. The fourth-order valence-corrected chi connectivity index (χ4v) is 2.07. The van der Waals surface area contributed by atoms with Crippen LogP contribution in [-0.2, 0) is 13.0 Å². The van der Waals surface area contributed by atoms with Crippen molar-refractivity contribution in [3.8, 4) is 0 Å². The molecule has 16 heavy (non-hydrogen) atoms. The molecular weight excluding hydrogens is 202 g/mol. The van der Waals surface area contributed by atoms with Gasteiger partial charge in [-0.2, -0.15) is 15.0 Å². The maximum atomic E-state index is 11.6. The van der Waals surface area contributed by atoms with Crippen LogP contribution in [0.15, 0.2) is 30.6 Å². The Bertz CT molecular complexity index is 531. The Morgan fingerprint density at radius 2 is 2.00 bits per heavy atom. The van der Waals surface area contributed by atoms with E-state index in [1.165, 1.54) is 5.56 Å². The summed E-state index contributed by atoms with van der Waals surface area (Å²) in [6.07, 6.45) is 4.84. The standard InChI is InChI=1S/C12H11N3O/c16-12-4-3-10-2-1-9(7-11(10)12)8-15-13-5-6-14-15/h1-2,5-7H,3-4,8H2. The molecule has 0 amide bonds. The van der Waals surface area contributed by atoms with Crippen molar-refractivity contribution in [2.45, 2.75) is 19.4 Å². The van der Waals surface area contributed by atoms with E-state index < -0.39 is 0 Å². The fourth-order valence-electron chi connectivity index (χ4n) is 2.07. The lowest BCUT2D eigenvalue weighted by Gasteiger charge is -2.03. The van der Waals surface area contributed by atoms with Crippen LogP contribution in [0.3, 0.4) is 0 Å². The highest BCUT2D eigenvalue weighted by Gasteiger charge is 2.19. The average Bonchev–Trinajstić information content (AvgIpc) is 2.90. The Hall–Kier alpha value is -1.97. The summed E-state index contributed by atoms with van der Waals surface area (Å²) >= 11 is 0. The van der Waals surface area contributed by atoms with Gasteiger partial charge in [-0.05, 0) is 23.6 Å². The Labute approximate surface area is 92.9 Å². The molecule has 1 heterocycles. The van der Waals surface area contributed by atoms with Gasteiger partial charge in [0.1, 0.15) is 0 Å². The third kappa shape index (κ3) is 1.52. The minimum absolute atomic E-state index is 0.255. The van der Waals surface area contributed by atoms with Crippen molar-refractivity contribution in [3.05, 3.63) is 47.3 Å². The van der Waals surface area contributed by atoms with E-state index in [4.69, 9.17) is 0 Å². The van der Waals surface area contributed by atoms with Gasteiger partial charge < -0.3 is 0 Å². The molecule has 0 bridgehead atoms. The molecule has 1 aliphatic rings. The number of carbonyl (C=O) groups excluding carboxylic acids is 1. The molecule has 0 N–H and O–H groups in total. The summed E-state index contributed by atoms with van der Waals surface area (Å²) in [5, 5.41) is 8.09. The van der Waals surface area contributed by atoms with Crippen molar-refractivity contribution in [2.24, 2.45) is 0 Å². The average molecular weight is 213 g/mol. The molecule has 0 radical (unpaired) electrons. The zero-order valence-corrected chi connectivity index (χ0v) is 8.76. The van der Waals surface area contributed by atoms with Crippen molar-refractivity contribution in [3.63, 3.8) is 0 Å². The van der Waals surface area contributed by atoms with Crippen LogP contribution >= 0.6 is 0 Å². The molecule has 1 aliphatic carbocycles. The fraction of sp³-hybridized carbons (Fsp3) is 0.250. The predicted molar refractivity (Wildman–Crippen MR) is 58.2 cm³/mol. The van der Waals surface area contributed by atoms with Crippen molar-refractivity contribution in [1.82, 2.24) is 15.0 Å². The first-order valence-corrected chi connectivity index (χ1v) is 5.32. The molecule has 4 nitrogen and oxygen atoms in total. The van der Waals surface area contributed by atoms with Gasteiger partial charge in [-0.25, -0.2) is 0 Å². The molecule has 0 saturated heterocycles. The third-order valence-electron chi connectivity index (χ3n) is 2.89. The van der Waals surface area contributed by atoms with Crippen LogP contribution in [0.5, 0.6) is 0 Å². The van der Waals surface area contributed by atoms with Gasteiger partial charge in [0.2, 0.25) is 0 Å². The summed E-state index contributed by atoms with van der Waals surface area (Å²) in [5.74, 6) is 0.255. The summed E-state index contributed by atoms with van der Waals surface area (Å²) in [5.41, 5.74) is 3.12. The van der Waals surface area contributed by atoms with Gasteiger partial charge in [0.15, 0.2) is 5.78 Å².